The Balaban J connectivity index is 1.59. The van der Waals surface area contributed by atoms with Gasteiger partial charge in [0.15, 0.2) is 5.11 Å². The average Bonchev–Trinajstić information content (AvgIpc) is 2.86. The highest BCUT2D eigenvalue weighted by Gasteiger charge is 2.34. The van der Waals surface area contributed by atoms with E-state index in [9.17, 15) is 9.59 Å². The normalized spacial score (nSPS) is 14.9. The number of halogens is 1. The van der Waals surface area contributed by atoms with Crippen molar-refractivity contribution in [2.45, 2.75) is 26.4 Å². The number of anilines is 1. The molecule has 1 aliphatic rings. The minimum Gasteiger partial charge on any atom is -0.496 e. The first-order chi connectivity index (χ1) is 17.3. The molecule has 0 bridgehead atoms. The number of benzene rings is 3. The van der Waals surface area contributed by atoms with E-state index in [0.29, 0.717) is 27.9 Å². The minimum atomic E-state index is -0.561. The van der Waals surface area contributed by atoms with Gasteiger partial charge in [-0.25, -0.2) is 0 Å². The van der Waals surface area contributed by atoms with Crippen molar-refractivity contribution in [3.63, 3.8) is 0 Å². The summed E-state index contributed by atoms with van der Waals surface area (Å²) in [4.78, 5) is 27.2. The molecule has 8 heteroatoms. The molecular weight excluding hydrogens is 496 g/mol. The number of rotatable bonds is 7. The standard InChI is InChI=1S/C28H25ClN2O4S/c1-17(2)19-5-11-23(12-6-19)35-16-20-14-18(4-13-25(20)34-3)15-24-26(32)30-28(36)31(27(24)33)22-9-7-21(29)8-10-22/h4-15,17H,16H2,1-3H3,(H,30,32,36)/b24-15-. The maximum atomic E-state index is 13.3. The van der Waals surface area contributed by atoms with Crippen LogP contribution in [0.1, 0.15) is 36.5 Å². The zero-order chi connectivity index (χ0) is 25.8. The van der Waals surface area contributed by atoms with Crippen LogP contribution in [0, 0.1) is 0 Å². The highest BCUT2D eigenvalue weighted by atomic mass is 35.5. The summed E-state index contributed by atoms with van der Waals surface area (Å²) < 4.78 is 11.5. The van der Waals surface area contributed by atoms with Crippen molar-refractivity contribution in [2.75, 3.05) is 12.0 Å². The molecule has 0 atom stereocenters. The van der Waals surface area contributed by atoms with Crippen LogP contribution in [0.2, 0.25) is 5.02 Å². The van der Waals surface area contributed by atoms with E-state index >= 15 is 0 Å². The third-order valence-corrected chi connectivity index (χ3v) is 6.28. The average molecular weight is 521 g/mol. The number of carbonyl (C=O) groups excluding carboxylic acids is 2. The first-order valence-corrected chi connectivity index (χ1v) is 12.1. The molecule has 36 heavy (non-hydrogen) atoms. The Morgan fingerprint density at radius 1 is 1.03 bits per heavy atom. The molecule has 3 aromatic carbocycles. The Labute approximate surface area is 220 Å². The Morgan fingerprint density at radius 3 is 2.36 bits per heavy atom. The first kappa shape index (κ1) is 25.4. The van der Waals surface area contributed by atoms with Crippen molar-refractivity contribution in [1.82, 2.24) is 5.32 Å². The third-order valence-electron chi connectivity index (χ3n) is 5.74. The molecular formula is C28H25ClN2O4S. The lowest BCUT2D eigenvalue weighted by molar-refractivity contribution is -0.122. The predicted molar refractivity (Wildman–Crippen MR) is 146 cm³/mol. The summed E-state index contributed by atoms with van der Waals surface area (Å²) in [5.41, 5.74) is 3.11. The van der Waals surface area contributed by atoms with Crippen LogP contribution < -0.4 is 19.7 Å². The highest BCUT2D eigenvalue weighted by molar-refractivity contribution is 7.80. The summed E-state index contributed by atoms with van der Waals surface area (Å²) in [5, 5.41) is 3.12. The summed E-state index contributed by atoms with van der Waals surface area (Å²) >= 11 is 11.2. The van der Waals surface area contributed by atoms with E-state index in [1.54, 1.807) is 43.5 Å². The van der Waals surface area contributed by atoms with Gasteiger partial charge >= 0.3 is 0 Å². The number of methoxy groups -OCH3 is 1. The SMILES string of the molecule is COc1ccc(/C=C2/C(=O)NC(=S)N(c3ccc(Cl)cc3)C2=O)cc1COc1ccc(C(C)C)cc1. The van der Waals surface area contributed by atoms with E-state index < -0.39 is 11.8 Å². The number of hydrogen-bond acceptors (Lipinski definition) is 5. The molecule has 2 amide bonds. The fourth-order valence-electron chi connectivity index (χ4n) is 3.76. The molecule has 184 valence electrons. The summed E-state index contributed by atoms with van der Waals surface area (Å²) in [6.07, 6.45) is 1.53. The molecule has 0 unspecified atom stereocenters. The number of nitrogens with zero attached hydrogens (tertiary/aromatic N) is 1. The molecule has 1 saturated heterocycles. The van der Waals surface area contributed by atoms with E-state index in [0.717, 1.165) is 11.3 Å². The van der Waals surface area contributed by atoms with Crippen molar-refractivity contribution in [3.8, 4) is 11.5 Å². The number of thiocarbonyl (C=S) groups is 1. The van der Waals surface area contributed by atoms with E-state index in [1.165, 1.54) is 16.5 Å². The van der Waals surface area contributed by atoms with Crippen molar-refractivity contribution < 1.29 is 19.1 Å². The second-order valence-corrected chi connectivity index (χ2v) is 9.34. The minimum absolute atomic E-state index is 0.0109. The molecule has 0 spiro atoms. The van der Waals surface area contributed by atoms with Gasteiger partial charge in [0.1, 0.15) is 23.7 Å². The molecule has 4 rings (SSSR count). The molecule has 1 aliphatic heterocycles. The molecule has 1 N–H and O–H groups in total. The van der Waals surface area contributed by atoms with Crippen LogP contribution in [0.5, 0.6) is 11.5 Å². The quantitative estimate of drug-likeness (QED) is 0.239. The largest absolute Gasteiger partial charge is 0.496 e. The molecule has 1 fully saturated rings. The maximum absolute atomic E-state index is 13.3. The highest BCUT2D eigenvalue weighted by Crippen LogP contribution is 2.27. The van der Waals surface area contributed by atoms with Crippen molar-refractivity contribution in [3.05, 3.63) is 94.0 Å². The number of nitrogens with one attached hydrogen (secondary N) is 1. The van der Waals surface area contributed by atoms with Gasteiger partial charge < -0.3 is 9.47 Å². The number of hydrogen-bond donors (Lipinski definition) is 1. The van der Waals surface area contributed by atoms with Crippen LogP contribution in [0.15, 0.2) is 72.3 Å². The summed E-state index contributed by atoms with van der Waals surface area (Å²) in [7, 11) is 1.58. The van der Waals surface area contributed by atoms with Crippen molar-refractivity contribution >= 4 is 52.5 Å². The second kappa shape index (κ2) is 10.9. The fraction of sp³-hybridized carbons (Fsp3) is 0.179. The third kappa shape index (κ3) is 5.58. The van der Waals surface area contributed by atoms with E-state index in [1.807, 2.05) is 30.3 Å². The van der Waals surface area contributed by atoms with Crippen LogP contribution in [-0.4, -0.2) is 24.0 Å². The monoisotopic (exact) mass is 520 g/mol. The van der Waals surface area contributed by atoms with E-state index in [4.69, 9.17) is 33.3 Å². The topological polar surface area (TPSA) is 67.9 Å². The van der Waals surface area contributed by atoms with E-state index in [-0.39, 0.29) is 17.3 Å². The van der Waals surface area contributed by atoms with Crippen LogP contribution in [0.25, 0.3) is 6.08 Å². The van der Waals surface area contributed by atoms with Crippen LogP contribution in [0.4, 0.5) is 5.69 Å². The Hall–Kier alpha value is -3.68. The second-order valence-electron chi connectivity index (χ2n) is 8.52. The lowest BCUT2D eigenvalue weighted by atomic mass is 10.0. The van der Waals surface area contributed by atoms with Gasteiger partial charge in [0.2, 0.25) is 0 Å². The van der Waals surface area contributed by atoms with Crippen LogP contribution in [-0.2, 0) is 16.2 Å². The van der Waals surface area contributed by atoms with Crippen LogP contribution in [0.3, 0.4) is 0 Å². The molecule has 0 radical (unpaired) electrons. The lowest BCUT2D eigenvalue weighted by Gasteiger charge is -2.29. The molecule has 0 saturated carbocycles. The Bertz CT molecular complexity index is 1330. The van der Waals surface area contributed by atoms with Gasteiger partial charge in [0.25, 0.3) is 11.8 Å². The predicted octanol–water partition coefficient (Wildman–Crippen LogP) is 5.88. The molecule has 0 aromatic heterocycles. The van der Waals surface area contributed by atoms with Gasteiger partial charge in [-0.3, -0.25) is 19.8 Å². The number of carbonyl (C=O) groups is 2. The Morgan fingerprint density at radius 2 is 1.72 bits per heavy atom. The van der Waals surface area contributed by atoms with E-state index in [2.05, 4.69) is 19.2 Å². The van der Waals surface area contributed by atoms with Crippen molar-refractivity contribution in [1.29, 1.82) is 0 Å². The number of ether oxygens (including phenoxy) is 2. The van der Waals surface area contributed by atoms with Gasteiger partial charge in [-0.05, 0) is 83.9 Å². The van der Waals surface area contributed by atoms with Crippen molar-refractivity contribution in [2.24, 2.45) is 0 Å². The molecule has 1 heterocycles. The van der Waals surface area contributed by atoms with Gasteiger partial charge in [0.05, 0.1) is 12.8 Å². The lowest BCUT2D eigenvalue weighted by Crippen LogP contribution is -2.54. The molecule has 6 nitrogen and oxygen atoms in total. The maximum Gasteiger partial charge on any atom is 0.270 e. The van der Waals surface area contributed by atoms with Gasteiger partial charge in [-0.1, -0.05) is 43.6 Å². The summed E-state index contributed by atoms with van der Waals surface area (Å²) in [6, 6.07) is 20.0. The number of amides is 2. The molecule has 0 aliphatic carbocycles. The Kier molecular flexibility index (Phi) is 7.72. The van der Waals surface area contributed by atoms with Crippen LogP contribution >= 0.6 is 23.8 Å². The molecule has 3 aromatic rings. The first-order valence-electron chi connectivity index (χ1n) is 11.3. The fourth-order valence-corrected chi connectivity index (χ4v) is 4.17. The van der Waals surface area contributed by atoms with Gasteiger partial charge in [-0.15, -0.1) is 0 Å². The van der Waals surface area contributed by atoms with Gasteiger partial charge in [0, 0.05) is 10.6 Å². The summed E-state index contributed by atoms with van der Waals surface area (Å²) in [5.74, 6) is 0.728. The van der Waals surface area contributed by atoms with Gasteiger partial charge in [-0.2, -0.15) is 0 Å². The summed E-state index contributed by atoms with van der Waals surface area (Å²) in [6.45, 7) is 4.53. The smallest absolute Gasteiger partial charge is 0.270 e. The zero-order valence-corrected chi connectivity index (χ0v) is 21.7. The zero-order valence-electron chi connectivity index (χ0n) is 20.1.